The minimum atomic E-state index is -0.900. The lowest BCUT2D eigenvalue weighted by molar-refractivity contribution is -0.639. The summed E-state index contributed by atoms with van der Waals surface area (Å²) in [4.78, 5) is 25.4. The molecule has 1 aliphatic rings. The number of hydrogen-bond acceptors (Lipinski definition) is 5. The second-order valence-corrected chi connectivity index (χ2v) is 8.79. The second-order valence-electron chi connectivity index (χ2n) is 5.68. The van der Waals surface area contributed by atoms with E-state index in [1.807, 2.05) is 30.3 Å². The maximum Gasteiger partial charge on any atom is 0.366 e. The molecular formula is C18H22IO5+. The molecule has 0 aromatic heterocycles. The molecule has 24 heavy (non-hydrogen) atoms. The summed E-state index contributed by atoms with van der Waals surface area (Å²) in [7, 11) is 0. The Bertz CT molecular complexity index is 599. The molecule has 0 aliphatic carbocycles. The van der Waals surface area contributed by atoms with Gasteiger partial charge in [0.25, 0.3) is 0 Å². The number of hydrogen-bond donors (Lipinski definition) is 0. The van der Waals surface area contributed by atoms with Crippen LogP contribution < -0.4 is 21.2 Å². The van der Waals surface area contributed by atoms with Crippen molar-refractivity contribution in [1.82, 2.24) is 0 Å². The van der Waals surface area contributed by atoms with Crippen molar-refractivity contribution in [2.45, 2.75) is 42.7 Å². The molecule has 130 valence electrons. The molecule has 2 rings (SSSR count). The fourth-order valence-electron chi connectivity index (χ4n) is 2.37. The minimum absolute atomic E-state index is 0.236. The van der Waals surface area contributed by atoms with E-state index in [9.17, 15) is 9.59 Å². The van der Waals surface area contributed by atoms with E-state index >= 15 is 0 Å². The molecule has 1 saturated heterocycles. The maximum absolute atomic E-state index is 13.0. The van der Waals surface area contributed by atoms with Gasteiger partial charge in [-0.25, -0.2) is 4.79 Å². The number of carbonyl (C=O) groups excluding carboxylic acids is 2. The highest BCUT2D eigenvalue weighted by Gasteiger charge is 2.52. The first kappa shape index (κ1) is 19.1. The Kier molecular flexibility index (Phi) is 6.54. The molecule has 0 amide bonds. The van der Waals surface area contributed by atoms with Gasteiger partial charge in [-0.2, -0.15) is 0 Å². The van der Waals surface area contributed by atoms with Gasteiger partial charge in [0.2, 0.25) is 5.78 Å². The molecule has 0 bridgehead atoms. The van der Waals surface area contributed by atoms with Crippen LogP contribution in [0.25, 0.3) is 0 Å². The molecule has 1 aromatic carbocycles. The van der Waals surface area contributed by atoms with Gasteiger partial charge in [0, 0.05) is 0 Å². The van der Waals surface area contributed by atoms with Gasteiger partial charge in [-0.15, -0.1) is 6.58 Å². The fourth-order valence-corrected chi connectivity index (χ4v) is 5.01. The summed E-state index contributed by atoms with van der Waals surface area (Å²) in [6.07, 6.45) is 0.139. The van der Waals surface area contributed by atoms with Crippen LogP contribution in [-0.2, 0) is 23.8 Å². The van der Waals surface area contributed by atoms with Gasteiger partial charge in [-0.1, -0.05) is 24.3 Å². The van der Waals surface area contributed by atoms with E-state index in [1.165, 1.54) is 0 Å². The summed E-state index contributed by atoms with van der Waals surface area (Å²) in [6.45, 7) is 9.14. The normalized spacial score (nSPS) is 23.5. The van der Waals surface area contributed by atoms with Crippen molar-refractivity contribution in [3.8, 4) is 0 Å². The van der Waals surface area contributed by atoms with E-state index in [0.717, 1.165) is 3.57 Å². The van der Waals surface area contributed by atoms with E-state index in [4.69, 9.17) is 14.2 Å². The number of halogens is 1. The molecule has 1 heterocycles. The Morgan fingerprint density at radius 1 is 1.33 bits per heavy atom. The van der Waals surface area contributed by atoms with Gasteiger partial charge >= 0.3 is 31.1 Å². The van der Waals surface area contributed by atoms with Crippen molar-refractivity contribution in [2.24, 2.45) is 0 Å². The van der Waals surface area contributed by atoms with Crippen LogP contribution in [0, 0.1) is 3.57 Å². The third-order valence-corrected chi connectivity index (χ3v) is 6.54. The van der Waals surface area contributed by atoms with Gasteiger partial charge in [-0.3, -0.25) is 4.79 Å². The number of alkyl halides is 1. The number of ether oxygens (including phenoxy) is 3. The van der Waals surface area contributed by atoms with Crippen LogP contribution in [0.1, 0.15) is 20.8 Å². The lowest BCUT2D eigenvalue weighted by atomic mass is 10.1. The van der Waals surface area contributed by atoms with Gasteiger partial charge in [0.05, 0.1) is 6.61 Å². The van der Waals surface area contributed by atoms with Crippen molar-refractivity contribution in [3.05, 3.63) is 46.6 Å². The summed E-state index contributed by atoms with van der Waals surface area (Å²) >= 11 is -0.900. The molecule has 0 radical (unpaired) electrons. The largest absolute Gasteiger partial charge is 0.462 e. The molecule has 3 atom stereocenters. The van der Waals surface area contributed by atoms with E-state index < -0.39 is 49.1 Å². The van der Waals surface area contributed by atoms with Gasteiger partial charge in [-0.05, 0) is 32.9 Å². The Morgan fingerprint density at radius 2 is 2.00 bits per heavy atom. The van der Waals surface area contributed by atoms with E-state index in [1.54, 1.807) is 26.8 Å². The van der Waals surface area contributed by atoms with Crippen molar-refractivity contribution >= 4 is 11.8 Å². The molecule has 1 fully saturated rings. The zero-order valence-electron chi connectivity index (χ0n) is 14.0. The number of ketones is 1. The first-order valence-electron chi connectivity index (χ1n) is 7.75. The average molecular weight is 445 g/mol. The van der Waals surface area contributed by atoms with Crippen LogP contribution in [0.15, 0.2) is 43.0 Å². The number of rotatable bonds is 7. The number of benzene rings is 1. The molecule has 6 heteroatoms. The van der Waals surface area contributed by atoms with Crippen LogP contribution >= 0.6 is 0 Å². The van der Waals surface area contributed by atoms with Gasteiger partial charge in [0.15, 0.2) is 15.5 Å². The minimum Gasteiger partial charge on any atom is -0.462 e. The third-order valence-electron chi connectivity index (χ3n) is 3.35. The molecular weight excluding hydrogens is 423 g/mol. The lowest BCUT2D eigenvalue weighted by Crippen LogP contribution is -3.66. The predicted octanol–water partition coefficient (Wildman–Crippen LogP) is -0.848. The summed E-state index contributed by atoms with van der Waals surface area (Å²) in [5.41, 5.74) is 0. The monoisotopic (exact) mass is 445 g/mol. The van der Waals surface area contributed by atoms with Crippen LogP contribution in [0.5, 0.6) is 0 Å². The highest BCUT2D eigenvalue weighted by molar-refractivity contribution is 6.04. The van der Waals surface area contributed by atoms with Crippen LogP contribution in [0.2, 0.25) is 0 Å². The Balaban J connectivity index is 2.24. The standard InChI is InChI=1S/C18H22IO5/c1-5-13-16(24-18(3,4)23-13)15(20)14(17(21)22-6-2)19-12-10-8-7-9-11-12/h5,7-11,13-14,16H,1,6H2,2-4H3/q+1/t13-,14?,16-/m0/s1. The van der Waals surface area contributed by atoms with E-state index in [0.29, 0.717) is 0 Å². The zero-order valence-corrected chi connectivity index (χ0v) is 16.2. The SMILES string of the molecule is C=C[C@@H]1OC(C)(C)O[C@@H]1C(=O)C([I+]c1ccccc1)C(=O)OCC. The Hall–Kier alpha value is -1.25. The zero-order chi connectivity index (χ0) is 17.7. The molecule has 1 aliphatic heterocycles. The Morgan fingerprint density at radius 3 is 2.58 bits per heavy atom. The van der Waals surface area contributed by atoms with Gasteiger partial charge in [0.1, 0.15) is 6.10 Å². The van der Waals surface area contributed by atoms with Crippen molar-refractivity contribution in [2.75, 3.05) is 6.61 Å². The molecule has 1 aromatic rings. The molecule has 0 saturated carbocycles. The molecule has 1 unspecified atom stereocenters. The number of esters is 1. The van der Waals surface area contributed by atoms with Crippen molar-refractivity contribution in [3.63, 3.8) is 0 Å². The quantitative estimate of drug-likeness (QED) is 0.180. The number of carbonyl (C=O) groups is 2. The second kappa shape index (κ2) is 8.22. The third kappa shape index (κ3) is 4.64. The summed E-state index contributed by atoms with van der Waals surface area (Å²) in [6, 6.07) is 9.54. The fraction of sp³-hybridized carbons (Fsp3) is 0.444. The first-order valence-corrected chi connectivity index (χ1v) is 10.1. The molecule has 5 nitrogen and oxygen atoms in total. The maximum atomic E-state index is 13.0. The predicted molar refractivity (Wildman–Crippen MR) is 84.6 cm³/mol. The Labute approximate surface area is 152 Å². The smallest absolute Gasteiger partial charge is 0.366 e. The highest BCUT2D eigenvalue weighted by atomic mass is 127. The first-order chi connectivity index (χ1) is 11.4. The summed E-state index contributed by atoms with van der Waals surface area (Å²) < 4.78 is 16.7. The average Bonchev–Trinajstić information content (AvgIpc) is 2.88. The van der Waals surface area contributed by atoms with Crippen LogP contribution in [0.4, 0.5) is 0 Å². The molecule has 0 spiro atoms. The van der Waals surface area contributed by atoms with Crippen LogP contribution in [0.3, 0.4) is 0 Å². The summed E-state index contributed by atoms with van der Waals surface area (Å²) in [5.74, 6) is -1.67. The topological polar surface area (TPSA) is 61.8 Å². The van der Waals surface area contributed by atoms with Crippen molar-refractivity contribution < 1.29 is 45.0 Å². The summed E-state index contributed by atoms with van der Waals surface area (Å²) in [5, 5.41) is 0. The highest BCUT2D eigenvalue weighted by Crippen LogP contribution is 2.29. The molecule has 0 N–H and O–H groups in total. The lowest BCUT2D eigenvalue weighted by Gasteiger charge is -2.16. The van der Waals surface area contributed by atoms with E-state index in [-0.39, 0.29) is 12.4 Å². The van der Waals surface area contributed by atoms with E-state index in [2.05, 4.69) is 6.58 Å². The van der Waals surface area contributed by atoms with Crippen molar-refractivity contribution in [1.29, 1.82) is 0 Å². The van der Waals surface area contributed by atoms with Gasteiger partial charge < -0.3 is 14.2 Å². The number of Topliss-reactive ketones (excluding diaryl/α,β-unsaturated/α-hetero) is 1. The van der Waals surface area contributed by atoms with Crippen LogP contribution in [-0.4, -0.2) is 40.3 Å².